The van der Waals surface area contributed by atoms with E-state index in [0.717, 1.165) is 23.7 Å². The third-order valence-electron chi connectivity index (χ3n) is 7.94. The first-order valence-electron chi connectivity index (χ1n) is 13.1. The number of nitriles is 1. The molecule has 0 N–H and O–H groups in total. The highest BCUT2D eigenvalue weighted by molar-refractivity contribution is 5.26. The van der Waals surface area contributed by atoms with Crippen LogP contribution in [0.3, 0.4) is 0 Å². The lowest BCUT2D eigenvalue weighted by atomic mass is 9.68. The van der Waals surface area contributed by atoms with Gasteiger partial charge in [-0.1, -0.05) is 75.1 Å². The second-order valence-electron chi connectivity index (χ2n) is 10.1. The van der Waals surface area contributed by atoms with Crippen LogP contribution in [-0.4, -0.2) is 0 Å². The molecule has 0 heterocycles. The molecule has 0 radical (unpaired) electrons. The Kier molecular flexibility index (Phi) is 10.4. The number of hydrogen-bond acceptors (Lipinski definition) is 1. The van der Waals surface area contributed by atoms with Crippen LogP contribution in [0.15, 0.2) is 48.6 Å². The summed E-state index contributed by atoms with van der Waals surface area (Å²) < 4.78 is 0. The molecule has 1 aromatic rings. The highest BCUT2D eigenvalue weighted by atomic mass is 14.4. The number of benzene rings is 1. The Morgan fingerprint density at radius 1 is 0.806 bits per heavy atom. The Morgan fingerprint density at radius 2 is 1.45 bits per heavy atom. The molecule has 0 atom stereocenters. The van der Waals surface area contributed by atoms with Gasteiger partial charge in [0.15, 0.2) is 0 Å². The highest BCUT2D eigenvalue weighted by Gasteiger charge is 2.30. The Morgan fingerprint density at radius 3 is 2.10 bits per heavy atom. The molecule has 0 spiro atoms. The van der Waals surface area contributed by atoms with Crippen LogP contribution in [0.4, 0.5) is 0 Å². The first kappa shape index (κ1) is 23.8. The molecule has 2 saturated carbocycles. The fourth-order valence-electron chi connectivity index (χ4n) is 5.94. The average Bonchev–Trinajstić information content (AvgIpc) is 2.83. The Labute approximate surface area is 191 Å². The van der Waals surface area contributed by atoms with Crippen molar-refractivity contribution in [3.05, 3.63) is 59.7 Å². The molecule has 31 heavy (non-hydrogen) atoms. The van der Waals surface area contributed by atoms with Crippen LogP contribution in [-0.2, 0) is 6.42 Å². The molecule has 1 heteroatoms. The van der Waals surface area contributed by atoms with Crippen LogP contribution in [0.5, 0.6) is 0 Å². The van der Waals surface area contributed by atoms with Crippen LogP contribution < -0.4 is 0 Å². The van der Waals surface area contributed by atoms with E-state index in [2.05, 4.69) is 49.4 Å². The molecule has 0 amide bonds. The van der Waals surface area contributed by atoms with Gasteiger partial charge in [-0.25, -0.2) is 0 Å². The molecular formula is C30H43N. The van der Waals surface area contributed by atoms with Crippen LogP contribution in [0, 0.1) is 29.1 Å². The fraction of sp³-hybridized carbons (Fsp3) is 0.633. The van der Waals surface area contributed by atoms with Gasteiger partial charge in [0.05, 0.1) is 6.07 Å². The van der Waals surface area contributed by atoms with E-state index in [0.29, 0.717) is 0 Å². The maximum absolute atomic E-state index is 8.57. The summed E-state index contributed by atoms with van der Waals surface area (Å²) in [6.45, 7) is 2.29. The summed E-state index contributed by atoms with van der Waals surface area (Å²) in [7, 11) is 0. The average molecular weight is 418 g/mol. The zero-order valence-electron chi connectivity index (χ0n) is 19.8. The summed E-state index contributed by atoms with van der Waals surface area (Å²) in [6.07, 6.45) is 27.0. The van der Waals surface area contributed by atoms with E-state index in [1.807, 2.05) is 6.08 Å². The van der Waals surface area contributed by atoms with Crippen LogP contribution in [0.1, 0.15) is 107 Å². The monoisotopic (exact) mass is 417 g/mol. The van der Waals surface area contributed by atoms with Gasteiger partial charge in [-0.15, -0.1) is 0 Å². The zero-order valence-corrected chi connectivity index (χ0v) is 19.8. The molecule has 0 aliphatic heterocycles. The van der Waals surface area contributed by atoms with E-state index in [1.165, 1.54) is 95.5 Å². The summed E-state index contributed by atoms with van der Waals surface area (Å²) in [5.41, 5.74) is 3.12. The molecule has 2 aliphatic rings. The number of unbranched alkanes of at least 4 members (excludes halogenated alkanes) is 4. The summed E-state index contributed by atoms with van der Waals surface area (Å²) in [6, 6.07) is 11.7. The maximum Gasteiger partial charge on any atom is 0.0912 e. The number of rotatable bonds is 10. The molecule has 168 valence electrons. The quantitative estimate of drug-likeness (QED) is 0.212. The summed E-state index contributed by atoms with van der Waals surface area (Å²) in [4.78, 5) is 0. The van der Waals surface area contributed by atoms with E-state index >= 15 is 0 Å². The van der Waals surface area contributed by atoms with Gasteiger partial charge < -0.3 is 0 Å². The second kappa shape index (κ2) is 13.6. The maximum atomic E-state index is 8.57. The molecule has 0 unspecified atom stereocenters. The number of aryl methyl sites for hydroxylation is 1. The van der Waals surface area contributed by atoms with Crippen molar-refractivity contribution in [2.75, 3.05) is 0 Å². The van der Waals surface area contributed by atoms with Crippen molar-refractivity contribution < 1.29 is 0 Å². The molecule has 2 aliphatic carbocycles. The van der Waals surface area contributed by atoms with Crippen molar-refractivity contribution in [3.8, 4) is 6.07 Å². The third kappa shape index (κ3) is 7.99. The second-order valence-corrected chi connectivity index (χ2v) is 10.1. The normalized spacial score (nSPS) is 27.0. The minimum atomic E-state index is 0.723. The minimum absolute atomic E-state index is 0.723. The number of nitrogens with zero attached hydrogens (tertiary/aromatic N) is 1. The van der Waals surface area contributed by atoms with Crippen LogP contribution in [0.25, 0.3) is 0 Å². The van der Waals surface area contributed by atoms with E-state index in [-0.39, 0.29) is 0 Å². The predicted octanol–water partition coefficient (Wildman–Crippen LogP) is 8.92. The van der Waals surface area contributed by atoms with Gasteiger partial charge in [-0.2, -0.15) is 5.26 Å². The number of allylic oxidation sites excluding steroid dienone is 4. The first-order valence-corrected chi connectivity index (χ1v) is 13.1. The van der Waals surface area contributed by atoms with Gasteiger partial charge in [0.1, 0.15) is 0 Å². The van der Waals surface area contributed by atoms with Crippen molar-refractivity contribution in [2.45, 2.75) is 103 Å². The van der Waals surface area contributed by atoms with Gasteiger partial charge in [0.2, 0.25) is 0 Å². The molecular weight excluding hydrogens is 374 g/mol. The molecule has 2 fully saturated rings. The van der Waals surface area contributed by atoms with Crippen molar-refractivity contribution >= 4 is 0 Å². The Hall–Kier alpha value is -1.81. The van der Waals surface area contributed by atoms with Crippen LogP contribution in [0.2, 0.25) is 0 Å². The molecule has 0 saturated heterocycles. The standard InChI is InChI=1S/C30H43N/c1-2-3-4-5-7-10-25-12-16-27(17-13-25)29-20-22-30(23-21-29)28-18-14-26(15-19-28)11-8-6-9-24-31/h6,8-9,11-13,16-17,26,28-30H,2-5,7,10,14-15,18-23H2,1H3/t26-,28-,29-,30-. The molecule has 1 nitrogen and oxygen atoms in total. The number of hydrogen-bond donors (Lipinski definition) is 0. The van der Waals surface area contributed by atoms with Gasteiger partial charge in [0, 0.05) is 6.08 Å². The van der Waals surface area contributed by atoms with E-state index in [1.54, 1.807) is 11.6 Å². The van der Waals surface area contributed by atoms with Gasteiger partial charge >= 0.3 is 0 Å². The molecule has 1 aromatic carbocycles. The summed E-state index contributed by atoms with van der Waals surface area (Å²) in [5, 5.41) is 8.57. The Balaban J connectivity index is 1.36. The highest BCUT2D eigenvalue weighted by Crippen LogP contribution is 2.44. The Bertz CT molecular complexity index is 704. The third-order valence-corrected chi connectivity index (χ3v) is 7.94. The zero-order chi connectivity index (χ0) is 21.7. The lowest BCUT2D eigenvalue weighted by molar-refractivity contribution is 0.171. The van der Waals surface area contributed by atoms with Crippen molar-refractivity contribution in [3.63, 3.8) is 0 Å². The lowest BCUT2D eigenvalue weighted by Gasteiger charge is -2.37. The van der Waals surface area contributed by atoms with Gasteiger partial charge in [-0.05, 0) is 99.0 Å². The van der Waals surface area contributed by atoms with Crippen molar-refractivity contribution in [1.82, 2.24) is 0 Å². The largest absolute Gasteiger partial charge is 0.193 e. The van der Waals surface area contributed by atoms with Crippen molar-refractivity contribution in [1.29, 1.82) is 5.26 Å². The summed E-state index contributed by atoms with van der Waals surface area (Å²) >= 11 is 0. The first-order chi connectivity index (χ1) is 15.3. The topological polar surface area (TPSA) is 23.8 Å². The van der Waals surface area contributed by atoms with Crippen molar-refractivity contribution in [2.24, 2.45) is 17.8 Å². The van der Waals surface area contributed by atoms with Gasteiger partial charge in [0.25, 0.3) is 0 Å². The van der Waals surface area contributed by atoms with Crippen LogP contribution >= 0.6 is 0 Å². The summed E-state index contributed by atoms with van der Waals surface area (Å²) in [5.74, 6) is 3.43. The SMILES string of the molecule is CCCCCCCc1ccc([C@H]2CC[C@H]([C@H]3CC[C@H](C=CC=CC#N)CC3)CC2)cc1. The minimum Gasteiger partial charge on any atom is -0.193 e. The molecule has 0 aromatic heterocycles. The lowest BCUT2D eigenvalue weighted by Crippen LogP contribution is -2.25. The van der Waals surface area contributed by atoms with E-state index < -0.39 is 0 Å². The van der Waals surface area contributed by atoms with E-state index in [4.69, 9.17) is 5.26 Å². The predicted molar refractivity (Wildman–Crippen MR) is 133 cm³/mol. The smallest absolute Gasteiger partial charge is 0.0912 e. The molecule has 3 rings (SSSR count). The van der Waals surface area contributed by atoms with Gasteiger partial charge in [-0.3, -0.25) is 0 Å². The fourth-order valence-corrected chi connectivity index (χ4v) is 5.94. The van der Waals surface area contributed by atoms with E-state index in [9.17, 15) is 0 Å². The molecule has 0 bridgehead atoms.